The standard InChI is InChI=1S/C6H14O8S2/c1-15(9,10)13-3-5(7)6(8)4-14-16(2,11)12/h5-8H,3-4H2,1-2H3/t5-,6-/m1/s1. The van der Waals surface area contributed by atoms with Crippen molar-refractivity contribution < 1.29 is 35.4 Å². The molecule has 0 heterocycles. The first kappa shape index (κ1) is 15.7. The van der Waals surface area contributed by atoms with Gasteiger partial charge >= 0.3 is 0 Å². The first-order valence-electron chi connectivity index (χ1n) is 4.06. The molecule has 0 aromatic carbocycles. The van der Waals surface area contributed by atoms with E-state index in [0.29, 0.717) is 0 Å². The lowest BCUT2D eigenvalue weighted by Crippen LogP contribution is -2.35. The second kappa shape index (κ2) is 5.89. The monoisotopic (exact) mass is 278 g/mol. The topological polar surface area (TPSA) is 127 Å². The molecule has 0 aliphatic carbocycles. The zero-order valence-electron chi connectivity index (χ0n) is 8.73. The second-order valence-corrected chi connectivity index (χ2v) is 6.40. The van der Waals surface area contributed by atoms with E-state index in [9.17, 15) is 16.8 Å². The van der Waals surface area contributed by atoms with E-state index in [-0.39, 0.29) is 0 Å². The third kappa shape index (κ3) is 9.00. The minimum absolute atomic E-state index is 0.673. The molecule has 0 spiro atoms. The average molecular weight is 278 g/mol. The minimum atomic E-state index is -3.73. The van der Waals surface area contributed by atoms with Crippen LogP contribution in [0.1, 0.15) is 0 Å². The fourth-order valence-corrected chi connectivity index (χ4v) is 1.38. The maximum absolute atomic E-state index is 10.5. The van der Waals surface area contributed by atoms with E-state index in [1.165, 1.54) is 0 Å². The van der Waals surface area contributed by atoms with Gasteiger partial charge in [-0.25, -0.2) is 0 Å². The summed E-state index contributed by atoms with van der Waals surface area (Å²) in [5, 5.41) is 18.3. The second-order valence-electron chi connectivity index (χ2n) is 3.11. The highest BCUT2D eigenvalue weighted by Gasteiger charge is 2.20. The molecule has 98 valence electrons. The third-order valence-corrected chi connectivity index (χ3v) is 2.48. The van der Waals surface area contributed by atoms with Gasteiger partial charge in [-0.15, -0.1) is 0 Å². The quantitative estimate of drug-likeness (QED) is 0.496. The minimum Gasteiger partial charge on any atom is -0.388 e. The Hall–Kier alpha value is -0.260. The van der Waals surface area contributed by atoms with Crippen LogP contribution in [0.3, 0.4) is 0 Å². The molecule has 0 fully saturated rings. The van der Waals surface area contributed by atoms with Gasteiger partial charge < -0.3 is 10.2 Å². The molecule has 0 aromatic rings. The Morgan fingerprint density at radius 1 is 0.875 bits per heavy atom. The molecular weight excluding hydrogens is 264 g/mol. The number of aliphatic hydroxyl groups is 2. The van der Waals surface area contributed by atoms with Crippen LogP contribution < -0.4 is 0 Å². The molecular formula is C6H14O8S2. The van der Waals surface area contributed by atoms with Crippen LogP contribution in [0.5, 0.6) is 0 Å². The summed E-state index contributed by atoms with van der Waals surface area (Å²) in [6.07, 6.45) is -1.56. The van der Waals surface area contributed by atoms with Gasteiger partial charge in [0, 0.05) is 0 Å². The van der Waals surface area contributed by atoms with Crippen molar-refractivity contribution in [3.8, 4) is 0 Å². The van der Waals surface area contributed by atoms with Gasteiger partial charge in [0.15, 0.2) is 0 Å². The Morgan fingerprint density at radius 3 is 1.31 bits per heavy atom. The maximum Gasteiger partial charge on any atom is 0.264 e. The van der Waals surface area contributed by atoms with E-state index < -0.39 is 45.7 Å². The zero-order chi connectivity index (χ0) is 13.0. The number of hydrogen-bond donors (Lipinski definition) is 2. The smallest absolute Gasteiger partial charge is 0.264 e. The summed E-state index contributed by atoms with van der Waals surface area (Å²) in [6, 6.07) is 0. The van der Waals surface area contributed by atoms with Gasteiger partial charge in [-0.05, 0) is 0 Å². The molecule has 0 rings (SSSR count). The average Bonchev–Trinajstić information content (AvgIpc) is 2.07. The molecule has 0 bridgehead atoms. The van der Waals surface area contributed by atoms with Crippen molar-refractivity contribution in [1.29, 1.82) is 0 Å². The molecule has 0 aromatic heterocycles. The van der Waals surface area contributed by atoms with Crippen molar-refractivity contribution in [3.05, 3.63) is 0 Å². The van der Waals surface area contributed by atoms with Gasteiger partial charge in [0.1, 0.15) is 12.2 Å². The van der Waals surface area contributed by atoms with Crippen LogP contribution in [0.2, 0.25) is 0 Å². The number of aliphatic hydroxyl groups excluding tert-OH is 2. The van der Waals surface area contributed by atoms with Crippen LogP contribution >= 0.6 is 0 Å². The summed E-state index contributed by atoms with van der Waals surface area (Å²) in [4.78, 5) is 0. The molecule has 2 atom stereocenters. The molecule has 10 heteroatoms. The highest BCUT2D eigenvalue weighted by Crippen LogP contribution is 2.00. The molecule has 16 heavy (non-hydrogen) atoms. The molecule has 0 saturated carbocycles. The predicted molar refractivity (Wildman–Crippen MR) is 53.6 cm³/mol. The fraction of sp³-hybridized carbons (Fsp3) is 1.00. The van der Waals surface area contributed by atoms with Crippen molar-refractivity contribution >= 4 is 20.2 Å². The Kier molecular flexibility index (Phi) is 5.79. The molecule has 2 N–H and O–H groups in total. The van der Waals surface area contributed by atoms with Crippen LogP contribution in [-0.2, 0) is 28.6 Å². The van der Waals surface area contributed by atoms with Crippen LogP contribution in [0.4, 0.5) is 0 Å². The number of rotatable bonds is 7. The summed E-state index contributed by atoms with van der Waals surface area (Å²) < 4.78 is 50.5. The predicted octanol–water partition coefficient (Wildman–Crippen LogP) is -2.34. The van der Waals surface area contributed by atoms with Gasteiger partial charge in [-0.1, -0.05) is 0 Å². The molecule has 0 unspecified atom stereocenters. The molecule has 0 amide bonds. The van der Waals surface area contributed by atoms with Gasteiger partial charge in [0.25, 0.3) is 20.2 Å². The Bertz CT molecular complexity index is 356. The lowest BCUT2D eigenvalue weighted by atomic mass is 10.2. The molecule has 0 radical (unpaired) electrons. The molecule has 0 aliphatic heterocycles. The Labute approximate surface area is 94.0 Å². The molecule has 0 aliphatic rings. The van der Waals surface area contributed by atoms with Crippen LogP contribution in [0.15, 0.2) is 0 Å². The van der Waals surface area contributed by atoms with Crippen LogP contribution in [0, 0.1) is 0 Å². The van der Waals surface area contributed by atoms with Crippen molar-refractivity contribution in [2.75, 3.05) is 25.7 Å². The van der Waals surface area contributed by atoms with Gasteiger partial charge in [0.05, 0.1) is 25.7 Å². The Balaban J connectivity index is 4.05. The van der Waals surface area contributed by atoms with Gasteiger partial charge in [0.2, 0.25) is 0 Å². The summed E-state index contributed by atoms with van der Waals surface area (Å²) in [6.45, 7) is -1.35. The summed E-state index contributed by atoms with van der Waals surface area (Å²) in [5.74, 6) is 0. The summed E-state index contributed by atoms with van der Waals surface area (Å²) in [5.41, 5.74) is 0. The lowest BCUT2D eigenvalue weighted by Gasteiger charge is -2.16. The SMILES string of the molecule is CS(=O)(=O)OC[C@@H](O)[C@H](O)COS(C)(=O)=O. The normalized spacial score (nSPS) is 17.0. The zero-order valence-corrected chi connectivity index (χ0v) is 10.4. The van der Waals surface area contributed by atoms with E-state index in [2.05, 4.69) is 8.37 Å². The van der Waals surface area contributed by atoms with Crippen molar-refractivity contribution in [1.82, 2.24) is 0 Å². The van der Waals surface area contributed by atoms with E-state index >= 15 is 0 Å². The Morgan fingerprint density at radius 2 is 1.12 bits per heavy atom. The van der Waals surface area contributed by atoms with Gasteiger partial charge in [-0.3, -0.25) is 8.37 Å². The van der Waals surface area contributed by atoms with E-state index in [1.807, 2.05) is 0 Å². The van der Waals surface area contributed by atoms with Crippen LogP contribution in [0.25, 0.3) is 0 Å². The highest BCUT2D eigenvalue weighted by atomic mass is 32.2. The summed E-state index contributed by atoms with van der Waals surface area (Å²) >= 11 is 0. The van der Waals surface area contributed by atoms with E-state index in [0.717, 1.165) is 12.5 Å². The van der Waals surface area contributed by atoms with Gasteiger partial charge in [-0.2, -0.15) is 16.8 Å². The summed E-state index contributed by atoms with van der Waals surface area (Å²) in [7, 11) is -7.45. The van der Waals surface area contributed by atoms with Crippen molar-refractivity contribution in [2.24, 2.45) is 0 Å². The third-order valence-electron chi connectivity index (χ3n) is 1.35. The number of hydrogen-bond acceptors (Lipinski definition) is 8. The highest BCUT2D eigenvalue weighted by molar-refractivity contribution is 7.86. The maximum atomic E-state index is 10.5. The van der Waals surface area contributed by atoms with Crippen molar-refractivity contribution in [3.63, 3.8) is 0 Å². The van der Waals surface area contributed by atoms with Crippen LogP contribution in [-0.4, -0.2) is 65.0 Å². The lowest BCUT2D eigenvalue weighted by molar-refractivity contribution is -0.0264. The van der Waals surface area contributed by atoms with E-state index in [1.54, 1.807) is 0 Å². The first-order valence-corrected chi connectivity index (χ1v) is 7.69. The molecule has 0 saturated heterocycles. The molecule has 8 nitrogen and oxygen atoms in total. The first-order chi connectivity index (χ1) is 7.01. The fourth-order valence-electron chi connectivity index (χ4n) is 0.609. The van der Waals surface area contributed by atoms with E-state index in [4.69, 9.17) is 10.2 Å². The largest absolute Gasteiger partial charge is 0.388 e. The van der Waals surface area contributed by atoms with Crippen molar-refractivity contribution in [2.45, 2.75) is 12.2 Å².